The van der Waals surface area contributed by atoms with E-state index in [0.29, 0.717) is 11.8 Å². The summed E-state index contributed by atoms with van der Waals surface area (Å²) in [7, 11) is 0. The number of amides is 1. The Hall–Kier alpha value is -0.710. The van der Waals surface area contributed by atoms with Gasteiger partial charge in [0.15, 0.2) is 0 Å². The van der Waals surface area contributed by atoms with Crippen LogP contribution < -0.4 is 5.32 Å². The van der Waals surface area contributed by atoms with Crippen molar-refractivity contribution < 1.29 is 14.7 Å². The first kappa shape index (κ1) is 11.4. The number of aliphatic carboxylic acids is 1. The maximum absolute atomic E-state index is 11.0. The third-order valence-corrected chi connectivity index (χ3v) is 3.51. The molecule has 0 aromatic carbocycles. The normalized spacial score (nSPS) is 21.6. The van der Waals surface area contributed by atoms with Gasteiger partial charge in [-0.1, -0.05) is 6.42 Å². The van der Waals surface area contributed by atoms with Gasteiger partial charge in [-0.25, -0.2) is 0 Å². The van der Waals surface area contributed by atoms with Crippen LogP contribution in [0.2, 0.25) is 0 Å². The second-order valence-electron chi connectivity index (χ2n) is 3.36. The van der Waals surface area contributed by atoms with Crippen molar-refractivity contribution >= 4 is 23.6 Å². The van der Waals surface area contributed by atoms with E-state index in [1.807, 2.05) is 11.8 Å². The molecule has 0 bridgehead atoms. The lowest BCUT2D eigenvalue weighted by molar-refractivity contribution is -0.140. The minimum atomic E-state index is -1.07. The van der Waals surface area contributed by atoms with Gasteiger partial charge in [-0.05, 0) is 18.6 Å². The molecule has 80 valence electrons. The fourth-order valence-corrected chi connectivity index (χ4v) is 2.63. The van der Waals surface area contributed by atoms with E-state index in [1.54, 1.807) is 0 Å². The zero-order valence-corrected chi connectivity index (χ0v) is 8.81. The zero-order chi connectivity index (χ0) is 10.4. The third kappa shape index (κ3) is 4.50. The minimum Gasteiger partial charge on any atom is -0.481 e. The molecule has 1 amide bonds. The number of carbonyl (C=O) groups excluding carboxylic acids is 1. The van der Waals surface area contributed by atoms with E-state index in [-0.39, 0.29) is 5.91 Å². The average molecular weight is 217 g/mol. The fourth-order valence-electron chi connectivity index (χ4n) is 1.40. The molecule has 0 radical (unpaired) electrons. The van der Waals surface area contributed by atoms with Crippen LogP contribution >= 0.6 is 11.8 Å². The number of rotatable bonds is 4. The molecular formula is C9H15NO3S. The summed E-state index contributed by atoms with van der Waals surface area (Å²) < 4.78 is 0. The van der Waals surface area contributed by atoms with E-state index in [2.05, 4.69) is 5.32 Å². The number of carboxylic acid groups (broad SMARTS) is 1. The molecule has 1 fully saturated rings. The van der Waals surface area contributed by atoms with Crippen LogP contribution in [0.5, 0.6) is 0 Å². The molecule has 2 N–H and O–H groups in total. The van der Waals surface area contributed by atoms with Gasteiger partial charge in [0.2, 0.25) is 5.91 Å². The summed E-state index contributed by atoms with van der Waals surface area (Å²) in [4.78, 5) is 21.2. The molecule has 1 heterocycles. The molecule has 1 aliphatic heterocycles. The van der Waals surface area contributed by atoms with Crippen LogP contribution in [0.4, 0.5) is 0 Å². The van der Waals surface area contributed by atoms with Crippen LogP contribution in [0.3, 0.4) is 0 Å². The summed E-state index contributed by atoms with van der Waals surface area (Å²) in [6.07, 6.45) is 3.17. The third-order valence-electron chi connectivity index (χ3n) is 2.11. The van der Waals surface area contributed by atoms with Gasteiger partial charge in [0.05, 0.1) is 0 Å². The Kier molecular flexibility index (Phi) is 4.79. The Bertz CT molecular complexity index is 214. The average Bonchev–Trinajstić information content (AvgIpc) is 2.15. The summed E-state index contributed by atoms with van der Waals surface area (Å²) in [5.41, 5.74) is 0. The van der Waals surface area contributed by atoms with Crippen molar-refractivity contribution in [3.8, 4) is 0 Å². The number of thioether (sulfide) groups is 1. The number of hydrogen-bond donors (Lipinski definition) is 2. The van der Waals surface area contributed by atoms with Gasteiger partial charge in [-0.2, -0.15) is 11.8 Å². The lowest BCUT2D eigenvalue weighted by Gasteiger charge is -2.21. The van der Waals surface area contributed by atoms with E-state index in [4.69, 9.17) is 5.11 Å². The number of carboxylic acids is 1. The highest BCUT2D eigenvalue weighted by Crippen LogP contribution is 2.24. The van der Waals surface area contributed by atoms with Crippen molar-refractivity contribution in [2.45, 2.75) is 30.9 Å². The smallest absolute Gasteiger partial charge is 0.312 e. The second-order valence-corrected chi connectivity index (χ2v) is 4.77. The van der Waals surface area contributed by atoms with Crippen LogP contribution in [0.25, 0.3) is 0 Å². The SMILES string of the molecule is O=C(O)CC(=O)NCC1CCCCS1. The predicted molar refractivity (Wildman–Crippen MR) is 55.4 cm³/mol. The maximum Gasteiger partial charge on any atom is 0.312 e. The first-order valence-electron chi connectivity index (χ1n) is 4.78. The van der Waals surface area contributed by atoms with Gasteiger partial charge in [0.25, 0.3) is 0 Å². The minimum absolute atomic E-state index is 0.385. The van der Waals surface area contributed by atoms with Crippen molar-refractivity contribution in [1.29, 1.82) is 0 Å². The molecule has 4 nitrogen and oxygen atoms in total. The Labute approximate surface area is 87.4 Å². The molecule has 1 saturated heterocycles. The summed E-state index contributed by atoms with van der Waals surface area (Å²) in [6.45, 7) is 0.608. The van der Waals surface area contributed by atoms with Crippen LogP contribution in [-0.4, -0.2) is 34.5 Å². The molecule has 1 atom stereocenters. The molecule has 0 spiro atoms. The van der Waals surface area contributed by atoms with Gasteiger partial charge in [-0.15, -0.1) is 0 Å². The van der Waals surface area contributed by atoms with Gasteiger partial charge < -0.3 is 10.4 Å². The first-order valence-corrected chi connectivity index (χ1v) is 5.83. The maximum atomic E-state index is 11.0. The highest BCUT2D eigenvalue weighted by Gasteiger charge is 2.15. The summed E-state index contributed by atoms with van der Waals surface area (Å²) in [5, 5.41) is 11.5. The Morgan fingerprint density at radius 3 is 2.79 bits per heavy atom. The lowest BCUT2D eigenvalue weighted by atomic mass is 10.2. The molecule has 5 heteroatoms. The standard InChI is InChI=1S/C9H15NO3S/c11-8(5-9(12)13)10-6-7-3-1-2-4-14-7/h7H,1-6H2,(H,10,11)(H,12,13). The zero-order valence-electron chi connectivity index (χ0n) is 7.99. The largest absolute Gasteiger partial charge is 0.481 e. The highest BCUT2D eigenvalue weighted by molar-refractivity contribution is 7.99. The molecule has 0 aromatic heterocycles. The summed E-state index contributed by atoms with van der Waals surface area (Å²) >= 11 is 1.86. The van der Waals surface area contributed by atoms with Gasteiger partial charge in [-0.3, -0.25) is 9.59 Å². The molecule has 1 unspecified atom stereocenters. The Balaban J connectivity index is 2.12. The van der Waals surface area contributed by atoms with Crippen molar-refractivity contribution in [2.24, 2.45) is 0 Å². The van der Waals surface area contributed by atoms with E-state index in [1.165, 1.54) is 12.8 Å². The molecule has 0 aromatic rings. The van der Waals surface area contributed by atoms with E-state index in [9.17, 15) is 9.59 Å². The van der Waals surface area contributed by atoms with Crippen LogP contribution in [0, 0.1) is 0 Å². The van der Waals surface area contributed by atoms with Crippen LogP contribution in [0.1, 0.15) is 25.7 Å². The first-order chi connectivity index (χ1) is 6.68. The monoisotopic (exact) mass is 217 g/mol. The molecular weight excluding hydrogens is 202 g/mol. The molecule has 1 rings (SSSR count). The topological polar surface area (TPSA) is 66.4 Å². The summed E-state index contributed by atoms with van der Waals surface area (Å²) in [5.74, 6) is -0.304. The van der Waals surface area contributed by atoms with E-state index in [0.717, 1.165) is 12.2 Å². The predicted octanol–water partition coefficient (Wildman–Crippen LogP) is 0.863. The van der Waals surface area contributed by atoms with Crippen molar-refractivity contribution in [2.75, 3.05) is 12.3 Å². The number of carbonyl (C=O) groups is 2. The molecule has 14 heavy (non-hydrogen) atoms. The van der Waals surface area contributed by atoms with Gasteiger partial charge in [0, 0.05) is 11.8 Å². The van der Waals surface area contributed by atoms with Crippen LogP contribution in [0.15, 0.2) is 0 Å². The van der Waals surface area contributed by atoms with Crippen molar-refractivity contribution in [3.05, 3.63) is 0 Å². The molecule has 0 saturated carbocycles. The van der Waals surface area contributed by atoms with Crippen molar-refractivity contribution in [3.63, 3.8) is 0 Å². The Morgan fingerprint density at radius 2 is 2.21 bits per heavy atom. The van der Waals surface area contributed by atoms with Gasteiger partial charge in [0.1, 0.15) is 6.42 Å². The Morgan fingerprint density at radius 1 is 1.43 bits per heavy atom. The molecule has 1 aliphatic rings. The summed E-state index contributed by atoms with van der Waals surface area (Å²) in [6, 6.07) is 0. The van der Waals surface area contributed by atoms with E-state index >= 15 is 0 Å². The molecule has 0 aliphatic carbocycles. The lowest BCUT2D eigenvalue weighted by Crippen LogP contribution is -2.32. The second kappa shape index (κ2) is 5.90. The van der Waals surface area contributed by atoms with Gasteiger partial charge >= 0.3 is 5.97 Å². The van der Waals surface area contributed by atoms with E-state index < -0.39 is 12.4 Å². The number of hydrogen-bond acceptors (Lipinski definition) is 3. The quantitative estimate of drug-likeness (QED) is 0.685. The number of nitrogens with one attached hydrogen (secondary N) is 1. The highest BCUT2D eigenvalue weighted by atomic mass is 32.2. The van der Waals surface area contributed by atoms with Crippen molar-refractivity contribution in [1.82, 2.24) is 5.32 Å². The fraction of sp³-hybridized carbons (Fsp3) is 0.778. The van der Waals surface area contributed by atoms with Crippen LogP contribution in [-0.2, 0) is 9.59 Å².